The van der Waals surface area contributed by atoms with Gasteiger partial charge in [0.15, 0.2) is 5.78 Å². The summed E-state index contributed by atoms with van der Waals surface area (Å²) in [5, 5.41) is 12.1. The van der Waals surface area contributed by atoms with Crippen molar-refractivity contribution in [1.82, 2.24) is 5.32 Å². The molecule has 1 aromatic carbocycles. The van der Waals surface area contributed by atoms with Gasteiger partial charge in [-0.05, 0) is 37.1 Å². The van der Waals surface area contributed by atoms with Gasteiger partial charge in [0.2, 0.25) is 0 Å². The minimum absolute atomic E-state index is 0.0103. The van der Waals surface area contributed by atoms with E-state index in [4.69, 9.17) is 4.74 Å². The molecule has 5 nitrogen and oxygen atoms in total. The van der Waals surface area contributed by atoms with Crippen molar-refractivity contribution >= 4 is 11.8 Å². The predicted octanol–water partition coefficient (Wildman–Crippen LogP) is 2.75. The van der Waals surface area contributed by atoms with Gasteiger partial charge in [-0.2, -0.15) is 0 Å². The molecule has 0 bridgehead atoms. The maximum atomic E-state index is 12.1. The van der Waals surface area contributed by atoms with E-state index in [-0.39, 0.29) is 18.1 Å². The van der Waals surface area contributed by atoms with Crippen LogP contribution in [-0.2, 0) is 4.79 Å². The molecular formula is C17H25NO4. The highest BCUT2D eigenvalue weighted by molar-refractivity contribution is 5.96. The summed E-state index contributed by atoms with van der Waals surface area (Å²) >= 11 is 0. The Kier molecular flexibility index (Phi) is 7.60. The molecule has 0 aromatic heterocycles. The Labute approximate surface area is 131 Å². The zero-order valence-corrected chi connectivity index (χ0v) is 13.5. The number of hydrogen-bond acceptors (Lipinski definition) is 4. The smallest absolute Gasteiger partial charge is 0.320 e. The average molecular weight is 307 g/mol. The van der Waals surface area contributed by atoms with Crippen LogP contribution in [0.4, 0.5) is 0 Å². The summed E-state index contributed by atoms with van der Waals surface area (Å²) < 4.78 is 5.33. The zero-order chi connectivity index (χ0) is 16.5. The van der Waals surface area contributed by atoms with Crippen molar-refractivity contribution in [3.63, 3.8) is 0 Å². The van der Waals surface area contributed by atoms with Gasteiger partial charge in [0, 0.05) is 18.5 Å². The summed E-state index contributed by atoms with van der Waals surface area (Å²) in [5.74, 6) is -0.121. The molecule has 0 aliphatic rings. The molecule has 0 saturated carbocycles. The lowest BCUT2D eigenvalue weighted by Gasteiger charge is -2.19. The van der Waals surface area contributed by atoms with E-state index in [1.165, 1.54) is 0 Å². The van der Waals surface area contributed by atoms with Gasteiger partial charge in [0.1, 0.15) is 11.8 Å². The van der Waals surface area contributed by atoms with E-state index < -0.39 is 12.0 Å². The second-order valence-corrected chi connectivity index (χ2v) is 5.29. The number of aliphatic carboxylic acids is 1. The minimum Gasteiger partial charge on any atom is -0.494 e. The van der Waals surface area contributed by atoms with Crippen LogP contribution in [0.2, 0.25) is 0 Å². The molecule has 0 aliphatic carbocycles. The number of carbonyl (C=O) groups is 2. The molecule has 5 heteroatoms. The summed E-state index contributed by atoms with van der Waals surface area (Å²) in [5.41, 5.74) is 0.612. The monoisotopic (exact) mass is 307 g/mol. The maximum absolute atomic E-state index is 12.1. The molecule has 22 heavy (non-hydrogen) atoms. The van der Waals surface area contributed by atoms with E-state index in [2.05, 4.69) is 5.32 Å². The summed E-state index contributed by atoms with van der Waals surface area (Å²) in [6.07, 6.45) is 1.05. The third kappa shape index (κ3) is 5.48. The number of carboxylic acids is 1. The van der Waals surface area contributed by atoms with E-state index in [1.807, 2.05) is 20.8 Å². The summed E-state index contributed by atoms with van der Waals surface area (Å²) in [6.45, 7) is 6.69. The van der Waals surface area contributed by atoms with Crippen molar-refractivity contribution in [2.75, 3.05) is 13.2 Å². The van der Waals surface area contributed by atoms with Crippen molar-refractivity contribution < 1.29 is 19.4 Å². The van der Waals surface area contributed by atoms with Crippen molar-refractivity contribution in [1.29, 1.82) is 0 Å². The van der Waals surface area contributed by atoms with E-state index in [0.717, 1.165) is 12.2 Å². The lowest BCUT2D eigenvalue weighted by Crippen LogP contribution is -2.42. The van der Waals surface area contributed by atoms with E-state index in [9.17, 15) is 14.7 Å². The van der Waals surface area contributed by atoms with Gasteiger partial charge in [-0.3, -0.25) is 9.59 Å². The van der Waals surface area contributed by atoms with Crippen LogP contribution in [0.15, 0.2) is 24.3 Å². The highest BCUT2D eigenvalue weighted by atomic mass is 16.5. The second kappa shape index (κ2) is 9.20. The predicted molar refractivity (Wildman–Crippen MR) is 85.4 cm³/mol. The van der Waals surface area contributed by atoms with Gasteiger partial charge in [0.25, 0.3) is 0 Å². The van der Waals surface area contributed by atoms with Crippen LogP contribution in [0.5, 0.6) is 5.75 Å². The van der Waals surface area contributed by atoms with E-state index >= 15 is 0 Å². The van der Waals surface area contributed by atoms with Crippen LogP contribution in [0, 0.1) is 5.92 Å². The fraction of sp³-hybridized carbons (Fsp3) is 0.529. The molecular weight excluding hydrogens is 282 g/mol. The molecule has 1 rings (SSSR count). The number of ketones is 1. The molecule has 1 aromatic rings. The first-order chi connectivity index (χ1) is 10.5. The number of benzene rings is 1. The maximum Gasteiger partial charge on any atom is 0.320 e. The molecule has 0 aliphatic heterocycles. The van der Waals surface area contributed by atoms with E-state index in [0.29, 0.717) is 18.7 Å². The number of carbonyl (C=O) groups excluding carboxylic acids is 1. The Balaban J connectivity index is 2.49. The van der Waals surface area contributed by atoms with Crippen molar-refractivity contribution in [2.45, 2.75) is 39.7 Å². The van der Waals surface area contributed by atoms with Gasteiger partial charge in [0.05, 0.1) is 6.61 Å². The standard InChI is InChI=1S/C17H25NO4/c1-4-12(3)16(17(20)21)18-11-10-15(19)13-6-8-14(9-7-13)22-5-2/h6-9,12,16,18H,4-5,10-11H2,1-3H3,(H,20,21)/t12-,16+/m0/s1. The van der Waals surface area contributed by atoms with Crippen molar-refractivity contribution in [2.24, 2.45) is 5.92 Å². The first kappa shape index (κ1) is 18.2. The molecule has 0 fully saturated rings. The number of carboxylic acid groups (broad SMARTS) is 1. The normalized spacial score (nSPS) is 13.4. The highest BCUT2D eigenvalue weighted by Crippen LogP contribution is 2.13. The Morgan fingerprint density at radius 3 is 2.36 bits per heavy atom. The fourth-order valence-electron chi connectivity index (χ4n) is 2.16. The number of nitrogens with one attached hydrogen (secondary N) is 1. The number of hydrogen-bond donors (Lipinski definition) is 2. The van der Waals surface area contributed by atoms with Crippen molar-refractivity contribution in [3.05, 3.63) is 29.8 Å². The van der Waals surface area contributed by atoms with Crippen LogP contribution in [0.3, 0.4) is 0 Å². The van der Waals surface area contributed by atoms with Gasteiger partial charge in [-0.25, -0.2) is 0 Å². The van der Waals surface area contributed by atoms with Crippen LogP contribution in [-0.4, -0.2) is 36.1 Å². The SMILES string of the molecule is CCOc1ccc(C(=O)CCN[C@@H](C(=O)O)[C@@H](C)CC)cc1. The molecule has 122 valence electrons. The number of ether oxygens (including phenoxy) is 1. The average Bonchev–Trinajstić information content (AvgIpc) is 2.51. The Morgan fingerprint density at radius 2 is 1.86 bits per heavy atom. The highest BCUT2D eigenvalue weighted by Gasteiger charge is 2.22. The van der Waals surface area contributed by atoms with Gasteiger partial charge < -0.3 is 15.2 Å². The quantitative estimate of drug-likeness (QED) is 0.650. The van der Waals surface area contributed by atoms with Gasteiger partial charge >= 0.3 is 5.97 Å². The fourth-order valence-corrected chi connectivity index (χ4v) is 2.16. The summed E-state index contributed by atoms with van der Waals surface area (Å²) in [4.78, 5) is 23.3. The summed E-state index contributed by atoms with van der Waals surface area (Å²) in [7, 11) is 0. The van der Waals surface area contributed by atoms with Crippen LogP contribution >= 0.6 is 0 Å². The first-order valence-electron chi connectivity index (χ1n) is 7.71. The lowest BCUT2D eigenvalue weighted by atomic mass is 9.99. The summed E-state index contributed by atoms with van der Waals surface area (Å²) in [6, 6.07) is 6.39. The third-order valence-electron chi connectivity index (χ3n) is 3.68. The second-order valence-electron chi connectivity index (χ2n) is 5.29. The Morgan fingerprint density at radius 1 is 1.23 bits per heavy atom. The third-order valence-corrected chi connectivity index (χ3v) is 3.68. The molecule has 2 N–H and O–H groups in total. The molecule has 0 unspecified atom stereocenters. The molecule has 0 heterocycles. The Hall–Kier alpha value is -1.88. The van der Waals surface area contributed by atoms with Crippen LogP contribution in [0.1, 0.15) is 44.0 Å². The molecule has 0 saturated heterocycles. The van der Waals surface area contributed by atoms with E-state index in [1.54, 1.807) is 24.3 Å². The number of rotatable bonds is 10. The van der Waals surface area contributed by atoms with Crippen LogP contribution in [0.25, 0.3) is 0 Å². The number of Topliss-reactive ketones (excluding diaryl/α,β-unsaturated/α-hetero) is 1. The molecule has 0 radical (unpaired) electrons. The molecule has 2 atom stereocenters. The Bertz CT molecular complexity index is 484. The topological polar surface area (TPSA) is 75.6 Å². The van der Waals surface area contributed by atoms with Crippen LogP contribution < -0.4 is 10.1 Å². The van der Waals surface area contributed by atoms with Gasteiger partial charge in [-0.15, -0.1) is 0 Å². The lowest BCUT2D eigenvalue weighted by molar-refractivity contribution is -0.140. The van der Waals surface area contributed by atoms with Gasteiger partial charge in [-0.1, -0.05) is 20.3 Å². The molecule has 0 spiro atoms. The van der Waals surface area contributed by atoms with Crippen molar-refractivity contribution in [3.8, 4) is 5.75 Å². The zero-order valence-electron chi connectivity index (χ0n) is 13.5. The minimum atomic E-state index is -0.872. The molecule has 0 amide bonds. The first-order valence-corrected chi connectivity index (χ1v) is 7.71. The largest absolute Gasteiger partial charge is 0.494 e.